The van der Waals surface area contributed by atoms with Gasteiger partial charge in [-0.25, -0.2) is 0 Å². The summed E-state index contributed by atoms with van der Waals surface area (Å²) in [5.74, 6) is 1.50. The summed E-state index contributed by atoms with van der Waals surface area (Å²) in [6, 6.07) is 2.08. The first-order valence-corrected chi connectivity index (χ1v) is 4.87. The van der Waals surface area contributed by atoms with Gasteiger partial charge in [-0.15, -0.1) is 11.3 Å². The van der Waals surface area contributed by atoms with Gasteiger partial charge < -0.3 is 10.5 Å². The average molecular weight is 185 g/mol. The fraction of sp³-hybridized carbons (Fsp3) is 0.556. The molecule has 2 nitrogen and oxygen atoms in total. The fourth-order valence-corrected chi connectivity index (χ4v) is 2.04. The van der Waals surface area contributed by atoms with Gasteiger partial charge in [0.1, 0.15) is 5.75 Å². The van der Waals surface area contributed by atoms with Crippen LogP contribution >= 0.6 is 11.3 Å². The van der Waals surface area contributed by atoms with E-state index in [1.54, 1.807) is 18.4 Å². The summed E-state index contributed by atoms with van der Waals surface area (Å²) in [5, 5.41) is 0. The largest absolute Gasteiger partial charge is 0.496 e. The number of nitrogens with two attached hydrogens (primary N) is 1. The molecule has 0 aliphatic rings. The number of hydrogen-bond acceptors (Lipinski definition) is 3. The fourth-order valence-electron chi connectivity index (χ4n) is 1.03. The minimum atomic E-state index is 0.559. The van der Waals surface area contributed by atoms with Crippen LogP contribution in [0.4, 0.5) is 0 Å². The van der Waals surface area contributed by atoms with Gasteiger partial charge in [-0.3, -0.25) is 0 Å². The Bertz CT molecular complexity index is 234. The molecule has 68 valence electrons. The molecule has 1 heterocycles. The third-order valence-electron chi connectivity index (χ3n) is 1.76. The second-order valence-electron chi connectivity index (χ2n) is 3.00. The Morgan fingerprint density at radius 3 is 2.58 bits per heavy atom. The second-order valence-corrected chi connectivity index (χ2v) is 4.17. The van der Waals surface area contributed by atoms with Crippen LogP contribution in [0.15, 0.2) is 6.07 Å². The summed E-state index contributed by atoms with van der Waals surface area (Å²) in [4.78, 5) is 2.48. The third kappa shape index (κ3) is 1.79. The topological polar surface area (TPSA) is 35.2 Å². The highest BCUT2D eigenvalue weighted by Gasteiger charge is 2.09. The highest BCUT2D eigenvalue weighted by molar-refractivity contribution is 7.12. The average Bonchev–Trinajstić information content (AvgIpc) is 2.46. The van der Waals surface area contributed by atoms with Crippen molar-refractivity contribution in [3.05, 3.63) is 15.8 Å². The second kappa shape index (κ2) is 3.92. The molecule has 1 aromatic heterocycles. The van der Waals surface area contributed by atoms with Crippen molar-refractivity contribution in [1.29, 1.82) is 0 Å². The van der Waals surface area contributed by atoms with Crippen molar-refractivity contribution in [1.82, 2.24) is 0 Å². The number of hydrogen-bond donors (Lipinski definition) is 1. The Labute approximate surface area is 77.3 Å². The zero-order valence-corrected chi connectivity index (χ0v) is 8.57. The summed E-state index contributed by atoms with van der Waals surface area (Å²) < 4.78 is 5.20. The molecule has 0 aliphatic carbocycles. The van der Waals surface area contributed by atoms with Crippen molar-refractivity contribution >= 4 is 11.3 Å². The van der Waals surface area contributed by atoms with Crippen LogP contribution in [0.2, 0.25) is 0 Å². The van der Waals surface area contributed by atoms with E-state index in [2.05, 4.69) is 19.9 Å². The molecular weight excluding hydrogens is 170 g/mol. The quantitative estimate of drug-likeness (QED) is 0.784. The van der Waals surface area contributed by atoms with Crippen LogP contribution in [0.5, 0.6) is 5.75 Å². The Balaban J connectivity index is 2.97. The molecule has 0 amide bonds. The van der Waals surface area contributed by atoms with Crippen LogP contribution in [0, 0.1) is 0 Å². The summed E-state index contributed by atoms with van der Waals surface area (Å²) in [7, 11) is 1.69. The minimum absolute atomic E-state index is 0.559. The van der Waals surface area contributed by atoms with Crippen LogP contribution < -0.4 is 10.5 Å². The molecule has 0 aliphatic heterocycles. The van der Waals surface area contributed by atoms with Crippen LogP contribution in [0.1, 0.15) is 29.5 Å². The molecule has 0 saturated carbocycles. The van der Waals surface area contributed by atoms with E-state index in [4.69, 9.17) is 10.5 Å². The first-order valence-electron chi connectivity index (χ1n) is 4.05. The van der Waals surface area contributed by atoms with Crippen molar-refractivity contribution in [2.45, 2.75) is 26.3 Å². The zero-order valence-electron chi connectivity index (χ0n) is 7.76. The monoisotopic (exact) mass is 185 g/mol. The van der Waals surface area contributed by atoms with Crippen molar-refractivity contribution < 1.29 is 4.74 Å². The number of thiophene rings is 1. The standard InChI is InChI=1S/C9H15NOS/c1-6(2)8-4-7(11-3)9(5-10)12-8/h4,6H,5,10H2,1-3H3. The van der Waals surface area contributed by atoms with Gasteiger partial charge in [-0.05, 0) is 12.0 Å². The maximum atomic E-state index is 5.57. The smallest absolute Gasteiger partial charge is 0.134 e. The predicted octanol–water partition coefficient (Wildman–Crippen LogP) is 2.34. The zero-order chi connectivity index (χ0) is 9.14. The van der Waals surface area contributed by atoms with Crippen LogP contribution in [0.3, 0.4) is 0 Å². The normalized spacial score (nSPS) is 10.8. The molecule has 0 aromatic carbocycles. The summed E-state index contributed by atoms with van der Waals surface area (Å²) in [6.45, 7) is 4.91. The Morgan fingerprint density at radius 1 is 1.58 bits per heavy atom. The lowest BCUT2D eigenvalue weighted by molar-refractivity contribution is 0.412. The molecular formula is C9H15NOS. The van der Waals surface area contributed by atoms with Crippen LogP contribution in [-0.2, 0) is 6.54 Å². The Hall–Kier alpha value is -0.540. The molecule has 1 aromatic rings. The molecule has 0 atom stereocenters. The maximum Gasteiger partial charge on any atom is 0.134 e. The van der Waals surface area contributed by atoms with Gasteiger partial charge in [0.05, 0.1) is 12.0 Å². The van der Waals surface area contributed by atoms with Gasteiger partial charge in [0.15, 0.2) is 0 Å². The number of rotatable bonds is 3. The van der Waals surface area contributed by atoms with E-state index in [9.17, 15) is 0 Å². The minimum Gasteiger partial charge on any atom is -0.496 e. The van der Waals surface area contributed by atoms with E-state index in [1.165, 1.54) is 4.88 Å². The van der Waals surface area contributed by atoms with Gasteiger partial charge in [0, 0.05) is 11.4 Å². The Morgan fingerprint density at radius 2 is 2.25 bits per heavy atom. The predicted molar refractivity (Wildman–Crippen MR) is 52.9 cm³/mol. The van der Waals surface area contributed by atoms with Crippen LogP contribution in [0.25, 0.3) is 0 Å². The lowest BCUT2D eigenvalue weighted by Gasteiger charge is -1.96. The van der Waals surface area contributed by atoms with Gasteiger partial charge >= 0.3 is 0 Å². The lowest BCUT2D eigenvalue weighted by Crippen LogP contribution is -1.94. The highest BCUT2D eigenvalue weighted by atomic mass is 32.1. The van der Waals surface area contributed by atoms with Crippen molar-refractivity contribution in [2.24, 2.45) is 5.73 Å². The van der Waals surface area contributed by atoms with E-state index in [0.717, 1.165) is 10.6 Å². The molecule has 0 unspecified atom stereocenters. The molecule has 0 saturated heterocycles. The lowest BCUT2D eigenvalue weighted by atomic mass is 10.2. The number of ether oxygens (including phenoxy) is 1. The van der Waals surface area contributed by atoms with E-state index in [-0.39, 0.29) is 0 Å². The molecule has 3 heteroatoms. The highest BCUT2D eigenvalue weighted by Crippen LogP contribution is 2.32. The summed E-state index contributed by atoms with van der Waals surface area (Å²) in [6.07, 6.45) is 0. The first kappa shape index (κ1) is 9.55. The van der Waals surface area contributed by atoms with Crippen molar-refractivity contribution in [3.8, 4) is 5.75 Å². The van der Waals surface area contributed by atoms with E-state index < -0.39 is 0 Å². The van der Waals surface area contributed by atoms with Gasteiger partial charge in [-0.1, -0.05) is 13.8 Å². The molecule has 0 spiro atoms. The molecule has 0 radical (unpaired) electrons. The van der Waals surface area contributed by atoms with Gasteiger partial charge in [0.25, 0.3) is 0 Å². The van der Waals surface area contributed by atoms with Crippen LogP contribution in [-0.4, -0.2) is 7.11 Å². The van der Waals surface area contributed by atoms with Gasteiger partial charge in [0.2, 0.25) is 0 Å². The first-order chi connectivity index (χ1) is 5.69. The summed E-state index contributed by atoms with van der Waals surface area (Å²) >= 11 is 1.74. The molecule has 12 heavy (non-hydrogen) atoms. The molecule has 1 rings (SSSR count). The maximum absolute atomic E-state index is 5.57. The molecule has 2 N–H and O–H groups in total. The van der Waals surface area contributed by atoms with E-state index >= 15 is 0 Å². The van der Waals surface area contributed by atoms with Crippen molar-refractivity contribution in [2.75, 3.05) is 7.11 Å². The molecule has 0 fully saturated rings. The van der Waals surface area contributed by atoms with Gasteiger partial charge in [-0.2, -0.15) is 0 Å². The van der Waals surface area contributed by atoms with E-state index in [1.807, 2.05) is 0 Å². The third-order valence-corrected chi connectivity index (χ3v) is 3.20. The van der Waals surface area contributed by atoms with Crippen molar-refractivity contribution in [3.63, 3.8) is 0 Å². The van der Waals surface area contributed by atoms with E-state index in [0.29, 0.717) is 12.5 Å². The Kier molecular flexibility index (Phi) is 3.12. The molecule has 0 bridgehead atoms. The summed E-state index contributed by atoms with van der Waals surface area (Å²) in [5.41, 5.74) is 5.57. The number of methoxy groups -OCH3 is 1. The SMILES string of the molecule is COc1cc(C(C)C)sc1CN.